The highest BCUT2D eigenvalue weighted by Crippen LogP contribution is 2.61. The smallest absolute Gasteiger partial charge is 0.0146 e. The minimum atomic E-state index is 0.527. The first kappa shape index (κ1) is 12.8. The zero-order chi connectivity index (χ0) is 13.6. The summed E-state index contributed by atoms with van der Waals surface area (Å²) < 4.78 is 0. The molecule has 0 bridgehead atoms. The fraction of sp³-hybridized carbons (Fsp3) is 0.700. The summed E-state index contributed by atoms with van der Waals surface area (Å²) in [4.78, 5) is 0. The highest BCUT2D eigenvalue weighted by molar-refractivity contribution is 5.42. The third-order valence-corrected chi connectivity index (χ3v) is 6.78. The molecular formula is C20H26. The molecule has 0 spiro atoms. The number of terminal acetylenes is 1. The molecule has 0 N–H and O–H groups in total. The Kier molecular flexibility index (Phi) is 3.06. The van der Waals surface area contributed by atoms with E-state index in [-0.39, 0.29) is 0 Å². The van der Waals surface area contributed by atoms with Crippen molar-refractivity contribution < 1.29 is 0 Å². The lowest BCUT2D eigenvalue weighted by Crippen LogP contribution is -2.38. The second kappa shape index (κ2) is 4.80. The summed E-state index contributed by atoms with van der Waals surface area (Å²) in [7, 11) is 0. The van der Waals surface area contributed by atoms with E-state index >= 15 is 0 Å². The highest BCUT2D eigenvalue weighted by atomic mass is 14.5. The Morgan fingerprint density at radius 3 is 3.00 bits per heavy atom. The molecule has 0 unspecified atom stereocenters. The molecule has 4 rings (SSSR count). The van der Waals surface area contributed by atoms with Crippen molar-refractivity contribution in [1.82, 2.24) is 0 Å². The standard InChI is InChI=1S/C20H26/c1-2-12-20-13-5-8-19(20)18-10-9-15-6-3-4-7-16(15)17(18)11-14-20/h1,6,18-19H,3-5,7-14H2/t18-,19+,20+/m1/s1. The molecule has 20 heavy (non-hydrogen) atoms. The lowest BCUT2D eigenvalue weighted by molar-refractivity contribution is 0.103. The largest absolute Gasteiger partial charge is 0.120 e. The molecule has 0 aromatic rings. The molecule has 0 saturated heterocycles. The van der Waals surface area contributed by atoms with Crippen molar-refractivity contribution in [3.63, 3.8) is 0 Å². The first-order valence-electron chi connectivity index (χ1n) is 8.69. The normalized spacial score (nSPS) is 39.5. The fourth-order valence-corrected chi connectivity index (χ4v) is 5.95. The Morgan fingerprint density at radius 1 is 1.15 bits per heavy atom. The monoisotopic (exact) mass is 266 g/mol. The fourth-order valence-electron chi connectivity index (χ4n) is 5.95. The Bertz CT molecular complexity index is 513. The minimum Gasteiger partial charge on any atom is -0.120 e. The number of rotatable bonds is 1. The lowest BCUT2D eigenvalue weighted by atomic mass is 9.56. The van der Waals surface area contributed by atoms with E-state index in [0.29, 0.717) is 5.41 Å². The van der Waals surface area contributed by atoms with Gasteiger partial charge in [-0.05, 0) is 86.2 Å². The van der Waals surface area contributed by atoms with E-state index in [2.05, 4.69) is 12.0 Å². The third-order valence-electron chi connectivity index (χ3n) is 6.78. The second-order valence-electron chi connectivity index (χ2n) is 7.51. The first-order chi connectivity index (χ1) is 9.84. The van der Waals surface area contributed by atoms with Crippen LogP contribution in [0.25, 0.3) is 0 Å². The zero-order valence-electron chi connectivity index (χ0n) is 12.6. The number of hydrogen-bond donors (Lipinski definition) is 0. The molecule has 0 aliphatic heterocycles. The van der Waals surface area contributed by atoms with Crippen LogP contribution in [0.15, 0.2) is 22.8 Å². The van der Waals surface area contributed by atoms with Crippen molar-refractivity contribution in [2.45, 2.75) is 70.6 Å². The first-order valence-corrected chi connectivity index (χ1v) is 8.69. The van der Waals surface area contributed by atoms with E-state index in [9.17, 15) is 0 Å². The molecule has 0 aromatic carbocycles. The summed E-state index contributed by atoms with van der Waals surface area (Å²) in [6, 6.07) is 0. The molecule has 3 atom stereocenters. The van der Waals surface area contributed by atoms with Crippen LogP contribution in [-0.4, -0.2) is 0 Å². The van der Waals surface area contributed by atoms with Gasteiger partial charge >= 0.3 is 0 Å². The Hall–Kier alpha value is -0.960. The van der Waals surface area contributed by atoms with Crippen molar-refractivity contribution in [3.8, 4) is 12.3 Å². The van der Waals surface area contributed by atoms with Gasteiger partial charge < -0.3 is 0 Å². The lowest BCUT2D eigenvalue weighted by Gasteiger charge is -2.48. The van der Waals surface area contributed by atoms with Gasteiger partial charge in [0.05, 0.1) is 0 Å². The second-order valence-corrected chi connectivity index (χ2v) is 7.51. The average molecular weight is 266 g/mol. The van der Waals surface area contributed by atoms with Gasteiger partial charge in [-0.15, -0.1) is 12.3 Å². The van der Waals surface area contributed by atoms with Crippen LogP contribution in [0.4, 0.5) is 0 Å². The molecular weight excluding hydrogens is 240 g/mol. The molecule has 106 valence electrons. The summed E-state index contributed by atoms with van der Waals surface area (Å²) >= 11 is 0. The number of allylic oxidation sites excluding steroid dienone is 4. The number of hydrogen-bond acceptors (Lipinski definition) is 0. The van der Waals surface area contributed by atoms with Crippen LogP contribution in [0.2, 0.25) is 0 Å². The van der Waals surface area contributed by atoms with Crippen LogP contribution >= 0.6 is 0 Å². The van der Waals surface area contributed by atoms with E-state index in [0.717, 1.165) is 18.3 Å². The molecule has 4 aliphatic rings. The molecule has 2 fully saturated rings. The SMILES string of the molecule is C#CC[C@@]12CCC[C@H]1[C@@H]1CCC3=CCCCC3=C1CC2. The van der Waals surface area contributed by atoms with E-state index in [1.807, 2.05) is 5.57 Å². The van der Waals surface area contributed by atoms with Gasteiger partial charge in [0, 0.05) is 6.42 Å². The van der Waals surface area contributed by atoms with Crippen molar-refractivity contribution >= 4 is 0 Å². The maximum Gasteiger partial charge on any atom is 0.0146 e. The summed E-state index contributed by atoms with van der Waals surface area (Å²) in [6.45, 7) is 0. The molecule has 2 saturated carbocycles. The maximum atomic E-state index is 5.71. The summed E-state index contributed by atoms with van der Waals surface area (Å²) in [5.41, 5.74) is 5.93. The van der Waals surface area contributed by atoms with Crippen molar-refractivity contribution in [3.05, 3.63) is 22.8 Å². The van der Waals surface area contributed by atoms with Gasteiger partial charge in [0.2, 0.25) is 0 Å². The molecule has 0 radical (unpaired) electrons. The Labute approximate surface area is 123 Å². The molecule has 4 aliphatic carbocycles. The van der Waals surface area contributed by atoms with E-state index in [1.165, 1.54) is 64.2 Å². The topological polar surface area (TPSA) is 0 Å². The summed E-state index contributed by atoms with van der Waals surface area (Å²) in [6.07, 6.45) is 23.2. The van der Waals surface area contributed by atoms with Gasteiger partial charge in [-0.3, -0.25) is 0 Å². The summed E-state index contributed by atoms with van der Waals surface area (Å²) in [5.74, 6) is 4.83. The van der Waals surface area contributed by atoms with E-state index in [1.54, 1.807) is 11.1 Å². The Balaban J connectivity index is 1.72. The van der Waals surface area contributed by atoms with Gasteiger partial charge in [0.15, 0.2) is 0 Å². The number of fused-ring (bicyclic) bond motifs is 4. The third kappa shape index (κ3) is 1.75. The van der Waals surface area contributed by atoms with Gasteiger partial charge in [-0.2, -0.15) is 0 Å². The molecule has 0 heteroatoms. The molecule has 0 heterocycles. The van der Waals surface area contributed by atoms with E-state index < -0.39 is 0 Å². The van der Waals surface area contributed by atoms with Crippen molar-refractivity contribution in [2.24, 2.45) is 17.3 Å². The predicted octanol–water partition coefficient (Wildman–Crippen LogP) is 5.41. The predicted molar refractivity (Wildman–Crippen MR) is 84.1 cm³/mol. The highest BCUT2D eigenvalue weighted by Gasteiger charge is 2.50. The molecule has 0 amide bonds. The van der Waals surface area contributed by atoms with Gasteiger partial charge in [-0.1, -0.05) is 18.1 Å². The Morgan fingerprint density at radius 2 is 2.10 bits per heavy atom. The van der Waals surface area contributed by atoms with Gasteiger partial charge in [0.1, 0.15) is 0 Å². The van der Waals surface area contributed by atoms with Crippen LogP contribution in [0.1, 0.15) is 70.6 Å². The van der Waals surface area contributed by atoms with Crippen LogP contribution in [-0.2, 0) is 0 Å². The molecule has 0 aromatic heterocycles. The van der Waals surface area contributed by atoms with Gasteiger partial charge in [-0.25, -0.2) is 0 Å². The van der Waals surface area contributed by atoms with E-state index in [4.69, 9.17) is 6.42 Å². The average Bonchev–Trinajstić information content (AvgIpc) is 2.91. The minimum absolute atomic E-state index is 0.527. The molecule has 0 nitrogen and oxygen atoms in total. The maximum absolute atomic E-state index is 5.71. The van der Waals surface area contributed by atoms with Gasteiger partial charge in [0.25, 0.3) is 0 Å². The van der Waals surface area contributed by atoms with Crippen molar-refractivity contribution in [1.29, 1.82) is 0 Å². The van der Waals surface area contributed by atoms with Crippen molar-refractivity contribution in [2.75, 3.05) is 0 Å². The zero-order valence-corrected chi connectivity index (χ0v) is 12.6. The quantitative estimate of drug-likeness (QED) is 0.557. The van der Waals surface area contributed by atoms with Crippen LogP contribution in [0, 0.1) is 29.6 Å². The summed E-state index contributed by atoms with van der Waals surface area (Å²) in [5, 5.41) is 0. The van der Waals surface area contributed by atoms with Crippen LogP contribution in [0.3, 0.4) is 0 Å². The van der Waals surface area contributed by atoms with Crippen LogP contribution < -0.4 is 0 Å². The van der Waals surface area contributed by atoms with Crippen LogP contribution in [0.5, 0.6) is 0 Å².